The van der Waals surface area contributed by atoms with E-state index in [0.717, 1.165) is 33.7 Å². The van der Waals surface area contributed by atoms with E-state index in [4.69, 9.17) is 4.74 Å². The number of hydrogen-bond acceptors (Lipinski definition) is 5. The van der Waals surface area contributed by atoms with E-state index in [1.807, 2.05) is 43.3 Å². The summed E-state index contributed by atoms with van der Waals surface area (Å²) >= 11 is 0. The molecule has 168 valence electrons. The number of hydrogen-bond donors (Lipinski definition) is 3. The molecule has 32 heavy (non-hydrogen) atoms. The van der Waals surface area contributed by atoms with Gasteiger partial charge in [-0.25, -0.2) is 4.98 Å². The minimum absolute atomic E-state index is 0.103. The lowest BCUT2D eigenvalue weighted by molar-refractivity contribution is -0.134. The Morgan fingerprint density at radius 3 is 2.91 bits per heavy atom. The highest BCUT2D eigenvalue weighted by atomic mass is 16.5. The first-order valence-corrected chi connectivity index (χ1v) is 10.9. The molecule has 2 heterocycles. The fourth-order valence-corrected chi connectivity index (χ4v) is 4.14. The number of imidazole rings is 1. The van der Waals surface area contributed by atoms with Crippen molar-refractivity contribution in [3.63, 3.8) is 0 Å². The quantitative estimate of drug-likeness (QED) is 0.502. The molecule has 1 unspecified atom stereocenters. The van der Waals surface area contributed by atoms with Crippen LogP contribution in [0.4, 0.5) is 0 Å². The van der Waals surface area contributed by atoms with Crippen LogP contribution < -0.4 is 15.4 Å². The van der Waals surface area contributed by atoms with Crippen molar-refractivity contribution in [1.29, 1.82) is 0 Å². The highest BCUT2D eigenvalue weighted by Gasteiger charge is 2.31. The van der Waals surface area contributed by atoms with Crippen LogP contribution >= 0.6 is 0 Å². The Morgan fingerprint density at radius 1 is 1.28 bits per heavy atom. The lowest BCUT2D eigenvalue weighted by atomic mass is 10.1. The fourth-order valence-electron chi connectivity index (χ4n) is 4.14. The molecule has 0 bridgehead atoms. The van der Waals surface area contributed by atoms with Crippen LogP contribution in [0.3, 0.4) is 0 Å². The van der Waals surface area contributed by atoms with Crippen molar-refractivity contribution in [3.8, 4) is 5.75 Å². The number of benzene rings is 2. The zero-order valence-corrected chi connectivity index (χ0v) is 18.5. The third kappa shape index (κ3) is 5.08. The standard InChI is InChI=1S/C24H29N5O3/c1-16-13-17(7-8-21(16)32-2)15-29-12-11-26-24(31)20(29)14-23(30)25-10-9-22-27-18-5-3-4-6-19(18)28-22/h3-8,13,20H,9-12,14-15H2,1-2H3,(H,25,30)(H,26,31)(H,27,28). The van der Waals surface area contributed by atoms with Crippen molar-refractivity contribution >= 4 is 22.8 Å². The molecule has 4 rings (SSSR count). The average molecular weight is 436 g/mol. The first-order valence-electron chi connectivity index (χ1n) is 10.9. The van der Waals surface area contributed by atoms with Crippen molar-refractivity contribution in [2.75, 3.05) is 26.7 Å². The van der Waals surface area contributed by atoms with Gasteiger partial charge in [-0.15, -0.1) is 0 Å². The Bertz CT molecular complexity index is 1080. The summed E-state index contributed by atoms with van der Waals surface area (Å²) < 4.78 is 5.33. The Morgan fingerprint density at radius 2 is 2.12 bits per heavy atom. The lowest BCUT2D eigenvalue weighted by Crippen LogP contribution is -2.56. The van der Waals surface area contributed by atoms with Gasteiger partial charge in [-0.2, -0.15) is 0 Å². The maximum absolute atomic E-state index is 12.6. The highest BCUT2D eigenvalue weighted by Crippen LogP contribution is 2.21. The number of aromatic amines is 1. The molecule has 3 N–H and O–H groups in total. The normalized spacial score (nSPS) is 16.7. The molecule has 8 nitrogen and oxygen atoms in total. The van der Waals surface area contributed by atoms with Gasteiger partial charge in [0.15, 0.2) is 0 Å². The van der Waals surface area contributed by atoms with Gasteiger partial charge in [-0.05, 0) is 36.2 Å². The van der Waals surface area contributed by atoms with Crippen molar-refractivity contribution in [2.24, 2.45) is 0 Å². The maximum Gasteiger partial charge on any atom is 0.237 e. The van der Waals surface area contributed by atoms with E-state index in [1.165, 1.54) is 0 Å². The van der Waals surface area contributed by atoms with E-state index in [9.17, 15) is 9.59 Å². The predicted octanol–water partition coefficient (Wildman–Crippen LogP) is 1.93. The lowest BCUT2D eigenvalue weighted by Gasteiger charge is -2.34. The van der Waals surface area contributed by atoms with Crippen LogP contribution in [0.1, 0.15) is 23.4 Å². The summed E-state index contributed by atoms with van der Waals surface area (Å²) in [5.41, 5.74) is 4.04. The number of fused-ring (bicyclic) bond motifs is 1. The number of amides is 2. The highest BCUT2D eigenvalue weighted by molar-refractivity contribution is 5.88. The molecular formula is C24H29N5O3. The third-order valence-electron chi connectivity index (χ3n) is 5.79. The molecular weight excluding hydrogens is 406 g/mol. The number of methoxy groups -OCH3 is 1. The van der Waals surface area contributed by atoms with Crippen molar-refractivity contribution in [3.05, 3.63) is 59.4 Å². The summed E-state index contributed by atoms with van der Waals surface area (Å²) in [7, 11) is 1.65. The minimum Gasteiger partial charge on any atom is -0.496 e. The van der Waals surface area contributed by atoms with Gasteiger partial charge in [0, 0.05) is 32.6 Å². The van der Waals surface area contributed by atoms with E-state index in [0.29, 0.717) is 32.6 Å². The number of piperazine rings is 1. The van der Waals surface area contributed by atoms with Gasteiger partial charge in [0.05, 0.1) is 30.6 Å². The van der Waals surface area contributed by atoms with Crippen molar-refractivity contribution in [1.82, 2.24) is 25.5 Å². The molecule has 2 amide bonds. The number of carbonyl (C=O) groups is 2. The summed E-state index contributed by atoms with van der Waals surface area (Å²) in [6.07, 6.45) is 0.729. The molecule has 0 aliphatic carbocycles. The molecule has 0 saturated carbocycles. The van der Waals surface area contributed by atoms with E-state index < -0.39 is 6.04 Å². The van der Waals surface area contributed by atoms with E-state index in [2.05, 4.69) is 31.6 Å². The topological polar surface area (TPSA) is 99.3 Å². The fraction of sp³-hybridized carbons (Fsp3) is 0.375. The number of aromatic nitrogens is 2. The molecule has 1 fully saturated rings. The largest absolute Gasteiger partial charge is 0.496 e. The third-order valence-corrected chi connectivity index (χ3v) is 5.79. The smallest absolute Gasteiger partial charge is 0.237 e. The molecule has 8 heteroatoms. The molecule has 1 aliphatic rings. The zero-order chi connectivity index (χ0) is 22.5. The Balaban J connectivity index is 1.33. The number of ether oxygens (including phenoxy) is 1. The number of nitrogens with one attached hydrogen (secondary N) is 3. The molecule has 0 spiro atoms. The molecule has 1 aliphatic heterocycles. The second-order valence-corrected chi connectivity index (χ2v) is 8.09. The summed E-state index contributed by atoms with van der Waals surface area (Å²) in [5.74, 6) is 1.43. The van der Waals surface area contributed by atoms with Crippen LogP contribution in [0.5, 0.6) is 5.75 Å². The number of rotatable bonds is 8. The predicted molar refractivity (Wildman–Crippen MR) is 122 cm³/mol. The summed E-state index contributed by atoms with van der Waals surface area (Å²) in [4.78, 5) is 35.0. The molecule has 0 radical (unpaired) electrons. The van der Waals surface area contributed by atoms with Gasteiger partial charge >= 0.3 is 0 Å². The van der Waals surface area contributed by atoms with Crippen LogP contribution in [-0.4, -0.2) is 59.5 Å². The van der Waals surface area contributed by atoms with E-state index in [1.54, 1.807) is 7.11 Å². The number of para-hydroxylation sites is 2. The van der Waals surface area contributed by atoms with Crippen LogP contribution in [0.2, 0.25) is 0 Å². The van der Waals surface area contributed by atoms with E-state index in [-0.39, 0.29) is 18.2 Å². The van der Waals surface area contributed by atoms with Gasteiger partial charge in [0.2, 0.25) is 11.8 Å². The van der Waals surface area contributed by atoms with E-state index >= 15 is 0 Å². The Kier molecular flexibility index (Phi) is 6.70. The van der Waals surface area contributed by atoms with Crippen LogP contribution in [-0.2, 0) is 22.6 Å². The van der Waals surface area contributed by atoms with Gasteiger partial charge in [0.25, 0.3) is 0 Å². The van der Waals surface area contributed by atoms with Gasteiger partial charge in [-0.3, -0.25) is 14.5 Å². The number of H-pyrrole nitrogens is 1. The second-order valence-electron chi connectivity index (χ2n) is 8.09. The van der Waals surface area contributed by atoms with Crippen LogP contribution in [0.15, 0.2) is 42.5 Å². The molecule has 1 saturated heterocycles. The van der Waals surface area contributed by atoms with Gasteiger partial charge in [-0.1, -0.05) is 24.3 Å². The van der Waals surface area contributed by atoms with Crippen LogP contribution in [0.25, 0.3) is 11.0 Å². The molecule has 1 atom stereocenters. The van der Waals surface area contributed by atoms with Crippen LogP contribution in [0, 0.1) is 6.92 Å². The molecule has 2 aromatic carbocycles. The zero-order valence-electron chi connectivity index (χ0n) is 18.5. The number of nitrogens with zero attached hydrogens (tertiary/aromatic N) is 2. The SMILES string of the molecule is COc1ccc(CN2CCNC(=O)C2CC(=O)NCCc2nc3ccccc3[nH]2)cc1C. The first-order chi connectivity index (χ1) is 15.5. The average Bonchev–Trinajstić information content (AvgIpc) is 3.19. The van der Waals surface area contributed by atoms with Gasteiger partial charge in [0.1, 0.15) is 11.6 Å². The minimum atomic E-state index is -0.489. The Hall–Kier alpha value is -3.39. The molecule has 3 aromatic rings. The summed E-state index contributed by atoms with van der Waals surface area (Å²) in [5, 5.41) is 5.81. The Labute approximate surface area is 187 Å². The first kappa shape index (κ1) is 21.8. The maximum atomic E-state index is 12.6. The number of carbonyl (C=O) groups excluding carboxylic acids is 2. The number of aryl methyl sites for hydroxylation is 1. The second kappa shape index (κ2) is 9.82. The summed E-state index contributed by atoms with van der Waals surface area (Å²) in [6.45, 7) is 4.35. The monoisotopic (exact) mass is 435 g/mol. The molecule has 1 aromatic heterocycles. The summed E-state index contributed by atoms with van der Waals surface area (Å²) in [6, 6.07) is 13.4. The van der Waals surface area contributed by atoms with Gasteiger partial charge < -0.3 is 20.4 Å². The van der Waals surface area contributed by atoms with Crippen molar-refractivity contribution < 1.29 is 14.3 Å². The van der Waals surface area contributed by atoms with Crippen molar-refractivity contribution in [2.45, 2.75) is 32.4 Å².